The van der Waals surface area contributed by atoms with E-state index in [1.54, 1.807) is 23.5 Å². The van der Waals surface area contributed by atoms with Gasteiger partial charge < -0.3 is 21.5 Å². The largest absolute Gasteiger partial charge is 0.379 e. The number of anilines is 2. The van der Waals surface area contributed by atoms with Crippen molar-refractivity contribution >= 4 is 44.9 Å². The van der Waals surface area contributed by atoms with Gasteiger partial charge in [-0.3, -0.25) is 14.5 Å². The van der Waals surface area contributed by atoms with E-state index in [1.807, 2.05) is 0 Å². The molecule has 9 nitrogen and oxygen atoms in total. The van der Waals surface area contributed by atoms with Crippen LogP contribution in [-0.4, -0.2) is 53.0 Å². The van der Waals surface area contributed by atoms with E-state index in [0.29, 0.717) is 31.3 Å². The number of morpholine rings is 1. The minimum atomic E-state index is -0.630. The number of nitrogens with two attached hydrogens (primary N) is 2. The molecular formula is C23H26N6O3S. The van der Waals surface area contributed by atoms with E-state index in [9.17, 15) is 9.59 Å². The topological polar surface area (TPSA) is 136 Å². The number of carbonyl (C=O) groups is 2. The lowest BCUT2D eigenvalue weighted by molar-refractivity contribution is 0.0331. The van der Waals surface area contributed by atoms with Gasteiger partial charge in [0.15, 0.2) is 0 Å². The number of ether oxygens (including phenoxy) is 1. The maximum atomic E-state index is 11.8. The molecule has 1 aliphatic heterocycles. The molecule has 0 bridgehead atoms. The first-order valence-corrected chi connectivity index (χ1v) is 11.9. The average Bonchev–Trinajstić information content (AvgIpc) is 3.18. The lowest BCUT2D eigenvalue weighted by Gasteiger charge is -2.26. The van der Waals surface area contributed by atoms with Gasteiger partial charge in [-0.05, 0) is 49.4 Å². The predicted octanol–water partition coefficient (Wildman–Crippen LogP) is 2.34. The molecule has 2 amide bonds. The number of aryl methyl sites for hydroxylation is 2. The van der Waals surface area contributed by atoms with Crippen LogP contribution in [0.5, 0.6) is 0 Å². The highest BCUT2D eigenvalue weighted by atomic mass is 32.1. The fraction of sp³-hybridized carbons (Fsp3) is 0.391. The fourth-order valence-corrected chi connectivity index (χ4v) is 5.72. The van der Waals surface area contributed by atoms with Gasteiger partial charge in [0.05, 0.1) is 25.1 Å². The molecule has 0 spiro atoms. The molecule has 33 heavy (non-hydrogen) atoms. The molecule has 172 valence electrons. The lowest BCUT2D eigenvalue weighted by Crippen LogP contribution is -2.36. The summed E-state index contributed by atoms with van der Waals surface area (Å²) in [5.74, 6) is 0.149. The zero-order valence-electron chi connectivity index (χ0n) is 18.2. The number of thiophene rings is 1. The zero-order chi connectivity index (χ0) is 22.9. The van der Waals surface area contributed by atoms with Crippen LogP contribution in [0.1, 0.15) is 49.8 Å². The van der Waals surface area contributed by atoms with E-state index in [0.717, 1.165) is 48.4 Å². The van der Waals surface area contributed by atoms with Gasteiger partial charge in [0.1, 0.15) is 16.5 Å². The molecule has 1 aromatic carbocycles. The molecule has 3 aromatic rings. The van der Waals surface area contributed by atoms with Gasteiger partial charge in [0, 0.05) is 34.8 Å². The maximum Gasteiger partial charge on any atom is 0.248 e. The third-order valence-corrected chi connectivity index (χ3v) is 7.28. The smallest absolute Gasteiger partial charge is 0.248 e. The van der Waals surface area contributed by atoms with E-state index < -0.39 is 11.8 Å². The van der Waals surface area contributed by atoms with E-state index >= 15 is 0 Å². The van der Waals surface area contributed by atoms with Gasteiger partial charge in [0.25, 0.3) is 0 Å². The average molecular weight is 467 g/mol. The Balaban J connectivity index is 1.59. The number of primary amides is 2. The molecule has 10 heteroatoms. The molecule has 5 rings (SSSR count). The quantitative estimate of drug-likeness (QED) is 0.507. The third kappa shape index (κ3) is 4.54. The summed E-state index contributed by atoms with van der Waals surface area (Å²) in [4.78, 5) is 38.0. The van der Waals surface area contributed by atoms with Gasteiger partial charge in [0.2, 0.25) is 11.8 Å². The Hall–Kier alpha value is -3.08. The van der Waals surface area contributed by atoms with E-state index in [4.69, 9.17) is 26.2 Å². The summed E-state index contributed by atoms with van der Waals surface area (Å²) in [6, 6.07) is 4.63. The minimum Gasteiger partial charge on any atom is -0.379 e. The Morgan fingerprint density at radius 2 is 1.73 bits per heavy atom. The highest BCUT2D eigenvalue weighted by molar-refractivity contribution is 7.19. The van der Waals surface area contributed by atoms with Crippen LogP contribution in [0.3, 0.4) is 0 Å². The van der Waals surface area contributed by atoms with Crippen LogP contribution in [0.15, 0.2) is 18.2 Å². The molecule has 2 aromatic heterocycles. The number of benzene rings is 1. The Morgan fingerprint density at radius 1 is 1.03 bits per heavy atom. The van der Waals surface area contributed by atoms with Crippen molar-refractivity contribution in [1.82, 2.24) is 14.9 Å². The summed E-state index contributed by atoms with van der Waals surface area (Å²) < 4.78 is 5.46. The van der Waals surface area contributed by atoms with Crippen molar-refractivity contribution in [3.8, 4) is 0 Å². The summed E-state index contributed by atoms with van der Waals surface area (Å²) in [6.45, 7) is 3.72. The van der Waals surface area contributed by atoms with Gasteiger partial charge >= 0.3 is 0 Å². The molecular weight excluding hydrogens is 440 g/mol. The molecule has 1 saturated heterocycles. The number of rotatable bonds is 6. The maximum absolute atomic E-state index is 11.8. The highest BCUT2D eigenvalue weighted by Gasteiger charge is 2.23. The van der Waals surface area contributed by atoms with Crippen LogP contribution in [0, 0.1) is 0 Å². The van der Waals surface area contributed by atoms with Crippen molar-refractivity contribution in [3.63, 3.8) is 0 Å². The fourth-order valence-electron chi connectivity index (χ4n) is 4.44. The Labute approximate surface area is 195 Å². The highest BCUT2D eigenvalue weighted by Crippen LogP contribution is 2.39. The molecule has 3 heterocycles. The molecule has 1 fully saturated rings. The Morgan fingerprint density at radius 3 is 2.42 bits per heavy atom. The van der Waals surface area contributed by atoms with Crippen LogP contribution in [0.2, 0.25) is 0 Å². The summed E-state index contributed by atoms with van der Waals surface area (Å²) in [5, 5.41) is 4.37. The SMILES string of the molecule is NC(=O)c1cc(Nc2nc(CN3CCOCC3)nc3sc4c(c23)CCCC4)cc(C(N)=O)c1. The first kappa shape index (κ1) is 21.7. The van der Waals surface area contributed by atoms with Crippen LogP contribution in [0.4, 0.5) is 11.5 Å². The van der Waals surface area contributed by atoms with Crippen LogP contribution in [0.25, 0.3) is 10.2 Å². The summed E-state index contributed by atoms with van der Waals surface area (Å²) >= 11 is 1.73. The normalized spacial score (nSPS) is 16.5. The van der Waals surface area contributed by atoms with Crippen molar-refractivity contribution in [3.05, 3.63) is 45.6 Å². The molecule has 0 atom stereocenters. The minimum absolute atomic E-state index is 0.208. The first-order chi connectivity index (χ1) is 16.0. The van der Waals surface area contributed by atoms with Gasteiger partial charge in [-0.1, -0.05) is 0 Å². The van der Waals surface area contributed by atoms with Crippen LogP contribution < -0.4 is 16.8 Å². The van der Waals surface area contributed by atoms with Gasteiger partial charge in [-0.15, -0.1) is 11.3 Å². The number of fused-ring (bicyclic) bond motifs is 3. The van der Waals surface area contributed by atoms with Gasteiger partial charge in [-0.2, -0.15) is 0 Å². The molecule has 0 saturated carbocycles. The third-order valence-electron chi connectivity index (χ3n) is 6.09. The number of aromatic nitrogens is 2. The standard InChI is InChI=1S/C23H26N6O3S/c24-20(30)13-9-14(21(25)31)11-15(10-13)26-22-19-16-3-1-2-4-17(16)33-23(19)28-18(27-22)12-29-5-7-32-8-6-29/h9-11H,1-8,12H2,(H2,24,30)(H2,25,31)(H,26,27,28). The number of nitrogens with zero attached hydrogens (tertiary/aromatic N) is 3. The molecule has 1 aliphatic carbocycles. The molecule has 2 aliphatic rings. The van der Waals surface area contributed by atoms with Crippen LogP contribution >= 0.6 is 11.3 Å². The second-order valence-corrected chi connectivity index (χ2v) is 9.50. The molecule has 0 radical (unpaired) electrons. The second kappa shape index (κ2) is 9.05. The number of carbonyl (C=O) groups excluding carboxylic acids is 2. The van der Waals surface area contributed by atoms with Gasteiger partial charge in [-0.25, -0.2) is 9.97 Å². The number of nitrogens with one attached hydrogen (secondary N) is 1. The monoisotopic (exact) mass is 466 g/mol. The summed E-state index contributed by atoms with van der Waals surface area (Å²) in [6.07, 6.45) is 4.36. The van der Waals surface area contributed by atoms with E-state index in [-0.39, 0.29) is 11.1 Å². The van der Waals surface area contributed by atoms with Crippen molar-refractivity contribution < 1.29 is 14.3 Å². The first-order valence-electron chi connectivity index (χ1n) is 11.1. The molecule has 5 N–H and O–H groups in total. The van der Waals surface area contributed by atoms with Crippen LogP contribution in [-0.2, 0) is 24.1 Å². The number of hydrogen-bond donors (Lipinski definition) is 3. The van der Waals surface area contributed by atoms with E-state index in [1.165, 1.54) is 22.9 Å². The van der Waals surface area contributed by atoms with E-state index in [2.05, 4.69) is 10.2 Å². The molecule has 0 unspecified atom stereocenters. The summed E-state index contributed by atoms with van der Waals surface area (Å²) in [7, 11) is 0. The van der Waals surface area contributed by atoms with Crippen molar-refractivity contribution in [1.29, 1.82) is 0 Å². The second-order valence-electron chi connectivity index (χ2n) is 8.42. The van der Waals surface area contributed by atoms with Crippen molar-refractivity contribution in [2.45, 2.75) is 32.2 Å². The van der Waals surface area contributed by atoms with Crippen molar-refractivity contribution in [2.24, 2.45) is 11.5 Å². The number of amides is 2. The number of hydrogen-bond acceptors (Lipinski definition) is 8. The lowest BCUT2D eigenvalue weighted by atomic mass is 9.97. The Bertz CT molecular complexity index is 1200. The Kier molecular flexibility index (Phi) is 5.96. The zero-order valence-corrected chi connectivity index (χ0v) is 19.0. The predicted molar refractivity (Wildman–Crippen MR) is 127 cm³/mol. The summed E-state index contributed by atoms with van der Waals surface area (Å²) in [5.41, 5.74) is 13.2. The van der Waals surface area contributed by atoms with Crippen molar-refractivity contribution in [2.75, 3.05) is 31.6 Å².